The van der Waals surface area contributed by atoms with Crippen molar-refractivity contribution in [1.29, 1.82) is 0 Å². The number of hydrogen-bond acceptors (Lipinski definition) is 6. The van der Waals surface area contributed by atoms with Gasteiger partial charge in [-0.3, -0.25) is 9.05 Å². The fraction of sp³-hybridized carbons (Fsp3) is 0.923. The third-order valence-electron chi connectivity index (χ3n) is 2.71. The first-order valence-corrected chi connectivity index (χ1v) is 8.78. The van der Waals surface area contributed by atoms with Crippen molar-refractivity contribution < 1.29 is 37.6 Å². The summed E-state index contributed by atoms with van der Waals surface area (Å²) >= 11 is 0. The van der Waals surface area contributed by atoms with E-state index in [1.54, 1.807) is 0 Å². The number of carbonyl (C=O) groups is 1. The molecular formula is C13H29NO7P+. The number of quaternary nitrogens is 1. The Morgan fingerprint density at radius 2 is 1.86 bits per heavy atom. The van der Waals surface area contributed by atoms with Crippen LogP contribution in [0.15, 0.2) is 0 Å². The topological polar surface area (TPSA) is 102 Å². The van der Waals surface area contributed by atoms with Gasteiger partial charge in [-0.2, -0.15) is 0 Å². The highest BCUT2D eigenvalue weighted by Gasteiger charge is 2.24. The summed E-state index contributed by atoms with van der Waals surface area (Å²) in [7, 11) is 1.67. The van der Waals surface area contributed by atoms with Crippen LogP contribution in [0.2, 0.25) is 0 Å². The van der Waals surface area contributed by atoms with Crippen LogP contribution in [-0.2, 0) is 23.1 Å². The highest BCUT2D eigenvalue weighted by molar-refractivity contribution is 7.47. The lowest BCUT2D eigenvalue weighted by Crippen LogP contribution is -2.37. The van der Waals surface area contributed by atoms with Gasteiger partial charge in [0.15, 0.2) is 0 Å². The van der Waals surface area contributed by atoms with Crippen molar-refractivity contribution in [3.63, 3.8) is 0 Å². The van der Waals surface area contributed by atoms with Crippen molar-refractivity contribution >= 4 is 14.1 Å². The van der Waals surface area contributed by atoms with E-state index in [-0.39, 0.29) is 19.8 Å². The number of ether oxygens (including phenoxy) is 1. The van der Waals surface area contributed by atoms with Gasteiger partial charge >= 0.3 is 7.82 Å². The predicted octanol–water partition coefficient (Wildman–Crippen LogP) is 0.573. The van der Waals surface area contributed by atoms with Crippen LogP contribution in [-0.4, -0.2) is 81.0 Å². The molecule has 8 nitrogen and oxygen atoms in total. The SMILES string of the molecule is C[N+](C)(C)CCOP(=O)(O)OC[C@@H](CO)OCCCCC=O. The van der Waals surface area contributed by atoms with Gasteiger partial charge in [-0.25, -0.2) is 4.57 Å². The third kappa shape index (κ3) is 13.3. The van der Waals surface area contributed by atoms with E-state index < -0.39 is 13.9 Å². The summed E-state index contributed by atoms with van der Waals surface area (Å²) in [6.07, 6.45) is 1.98. The van der Waals surface area contributed by atoms with Crippen molar-refractivity contribution in [1.82, 2.24) is 0 Å². The molecule has 0 saturated carbocycles. The molecule has 0 heterocycles. The first kappa shape index (κ1) is 21.7. The molecule has 0 aliphatic rings. The van der Waals surface area contributed by atoms with Crippen LogP contribution in [0.5, 0.6) is 0 Å². The zero-order chi connectivity index (χ0) is 17.1. The summed E-state index contributed by atoms with van der Waals surface area (Å²) in [5.41, 5.74) is 0. The van der Waals surface area contributed by atoms with Gasteiger partial charge in [0.25, 0.3) is 0 Å². The maximum atomic E-state index is 11.7. The highest BCUT2D eigenvalue weighted by atomic mass is 31.2. The molecule has 0 radical (unpaired) electrons. The zero-order valence-corrected chi connectivity index (χ0v) is 14.5. The minimum atomic E-state index is -4.14. The maximum absolute atomic E-state index is 11.7. The summed E-state index contributed by atoms with van der Waals surface area (Å²) in [5.74, 6) is 0. The molecule has 9 heteroatoms. The minimum absolute atomic E-state index is 0.0909. The normalized spacial score (nSPS) is 16.2. The van der Waals surface area contributed by atoms with E-state index in [0.29, 0.717) is 36.9 Å². The number of aliphatic hydroxyl groups excluding tert-OH is 1. The standard InChI is InChI=1S/C13H28NO7P/c1-14(2,3)7-10-20-22(17,18)21-12-13(11-16)19-9-6-4-5-8-15/h8,13,16H,4-7,9-12H2,1-3H3/p+1/t13-/m1/s1. The fourth-order valence-corrected chi connectivity index (χ4v) is 2.12. The Hall–Kier alpha value is -0.340. The van der Waals surface area contributed by atoms with Crippen molar-refractivity contribution in [2.24, 2.45) is 0 Å². The van der Waals surface area contributed by atoms with Gasteiger partial charge in [0.2, 0.25) is 0 Å². The highest BCUT2D eigenvalue weighted by Crippen LogP contribution is 2.43. The van der Waals surface area contributed by atoms with Crippen molar-refractivity contribution in [3.05, 3.63) is 0 Å². The number of unbranched alkanes of at least 4 members (excludes halogenated alkanes) is 2. The molecule has 2 atom stereocenters. The number of phosphoric ester groups is 1. The fourth-order valence-electron chi connectivity index (χ4n) is 1.38. The van der Waals surface area contributed by atoms with Crippen molar-refractivity contribution in [2.45, 2.75) is 25.4 Å². The predicted molar refractivity (Wildman–Crippen MR) is 81.4 cm³/mol. The number of rotatable bonds is 14. The number of nitrogens with zero attached hydrogens (tertiary/aromatic N) is 1. The van der Waals surface area contributed by atoms with E-state index in [0.717, 1.165) is 6.29 Å². The molecule has 0 rings (SSSR count). The summed E-state index contributed by atoms with van der Waals surface area (Å²) < 4.78 is 27.2. The molecular weight excluding hydrogens is 313 g/mol. The molecule has 132 valence electrons. The van der Waals surface area contributed by atoms with Crippen LogP contribution in [0.3, 0.4) is 0 Å². The Balaban J connectivity index is 3.93. The summed E-state index contributed by atoms with van der Waals surface area (Å²) in [6.45, 7) is 0.438. The molecule has 0 aromatic heterocycles. The first-order chi connectivity index (χ1) is 10.2. The van der Waals surface area contributed by atoms with Crippen molar-refractivity contribution in [3.8, 4) is 0 Å². The van der Waals surface area contributed by atoms with Crippen molar-refractivity contribution in [2.75, 3.05) is 54.1 Å². The molecule has 0 saturated heterocycles. The van der Waals surface area contributed by atoms with Gasteiger partial charge in [0, 0.05) is 13.0 Å². The smallest absolute Gasteiger partial charge is 0.394 e. The quantitative estimate of drug-likeness (QED) is 0.206. The van der Waals surface area contributed by atoms with Gasteiger partial charge < -0.3 is 24.0 Å². The number of phosphoric acid groups is 1. The largest absolute Gasteiger partial charge is 0.472 e. The number of carbonyl (C=O) groups excluding carboxylic acids is 1. The van der Waals surface area contributed by atoms with E-state index in [2.05, 4.69) is 0 Å². The third-order valence-corrected chi connectivity index (χ3v) is 3.70. The van der Waals surface area contributed by atoms with E-state index in [1.807, 2.05) is 21.1 Å². The lowest BCUT2D eigenvalue weighted by atomic mass is 10.2. The average molecular weight is 342 g/mol. The number of aldehydes is 1. The van der Waals surface area contributed by atoms with E-state index in [4.69, 9.17) is 18.9 Å². The molecule has 0 spiro atoms. The summed E-state index contributed by atoms with van der Waals surface area (Å²) in [6, 6.07) is 0. The molecule has 0 aromatic carbocycles. The van der Waals surface area contributed by atoms with Gasteiger partial charge in [-0.05, 0) is 12.8 Å². The number of likely N-dealkylation sites (N-methyl/N-ethyl adjacent to an activating group) is 1. The molecule has 0 fully saturated rings. The molecule has 0 amide bonds. The molecule has 0 aliphatic heterocycles. The molecule has 0 bridgehead atoms. The van der Waals surface area contributed by atoms with Crippen LogP contribution >= 0.6 is 7.82 Å². The Morgan fingerprint density at radius 3 is 2.41 bits per heavy atom. The van der Waals surface area contributed by atoms with Gasteiger partial charge in [0.05, 0.1) is 34.4 Å². The Kier molecular flexibility index (Phi) is 11.1. The second kappa shape index (κ2) is 11.2. The van der Waals surface area contributed by atoms with E-state index >= 15 is 0 Å². The number of aliphatic hydroxyl groups is 1. The van der Waals surface area contributed by atoms with E-state index in [1.165, 1.54) is 0 Å². The van der Waals surface area contributed by atoms with Crippen LogP contribution in [0, 0.1) is 0 Å². The molecule has 0 aliphatic carbocycles. The Morgan fingerprint density at radius 1 is 1.18 bits per heavy atom. The van der Waals surface area contributed by atoms with Crippen LogP contribution in [0.1, 0.15) is 19.3 Å². The second-order valence-corrected chi connectivity index (χ2v) is 7.40. The zero-order valence-electron chi connectivity index (χ0n) is 13.6. The second-order valence-electron chi connectivity index (χ2n) is 5.95. The van der Waals surface area contributed by atoms with Gasteiger partial charge in [-0.15, -0.1) is 0 Å². The molecule has 2 N–H and O–H groups in total. The summed E-state index contributed by atoms with van der Waals surface area (Å²) in [5, 5.41) is 9.13. The van der Waals surface area contributed by atoms with Crippen LogP contribution < -0.4 is 0 Å². The van der Waals surface area contributed by atoms with E-state index in [9.17, 15) is 14.3 Å². The number of hydrogen-bond donors (Lipinski definition) is 2. The monoisotopic (exact) mass is 342 g/mol. The average Bonchev–Trinajstić information content (AvgIpc) is 2.40. The minimum Gasteiger partial charge on any atom is -0.394 e. The van der Waals surface area contributed by atoms with Gasteiger partial charge in [-0.1, -0.05) is 0 Å². The molecule has 22 heavy (non-hydrogen) atoms. The maximum Gasteiger partial charge on any atom is 0.472 e. The Labute approximate surface area is 132 Å². The lowest BCUT2D eigenvalue weighted by Gasteiger charge is -2.24. The summed E-state index contributed by atoms with van der Waals surface area (Å²) in [4.78, 5) is 19.7. The van der Waals surface area contributed by atoms with Gasteiger partial charge in [0.1, 0.15) is 25.5 Å². The Bertz CT molecular complexity index is 346. The molecule has 1 unspecified atom stereocenters. The first-order valence-electron chi connectivity index (χ1n) is 7.28. The van der Waals surface area contributed by atoms with Crippen LogP contribution in [0.25, 0.3) is 0 Å². The molecule has 0 aromatic rings. The lowest BCUT2D eigenvalue weighted by molar-refractivity contribution is -0.870. The van der Waals surface area contributed by atoms with Crippen LogP contribution in [0.4, 0.5) is 0 Å².